The van der Waals surface area contributed by atoms with E-state index in [0.717, 1.165) is 31.4 Å². The molecule has 7 nitrogen and oxygen atoms in total. The second-order valence-electron chi connectivity index (χ2n) is 9.00. The number of nitrogens with one attached hydrogen (secondary N) is 1. The van der Waals surface area contributed by atoms with E-state index in [-0.39, 0.29) is 30.9 Å². The summed E-state index contributed by atoms with van der Waals surface area (Å²) in [6.45, 7) is 0.0126. The largest absolute Gasteiger partial charge is 0.397 e. The molecule has 2 aliphatic rings. The second-order valence-corrected chi connectivity index (χ2v) is 9.00. The summed E-state index contributed by atoms with van der Waals surface area (Å²) in [5, 5.41) is 2.76. The summed E-state index contributed by atoms with van der Waals surface area (Å²) in [6, 6.07) is 4.50. The van der Waals surface area contributed by atoms with E-state index < -0.39 is 24.0 Å². The number of nitrogen functional groups attached to an aromatic ring is 1. The highest BCUT2D eigenvalue weighted by Crippen LogP contribution is 2.37. The van der Waals surface area contributed by atoms with Crippen LogP contribution < -0.4 is 21.7 Å². The van der Waals surface area contributed by atoms with Crippen LogP contribution in [-0.2, 0) is 0 Å². The fourth-order valence-corrected chi connectivity index (χ4v) is 4.81. The number of halogens is 3. The Morgan fingerprint density at radius 1 is 1.12 bits per heavy atom. The molecule has 1 aliphatic heterocycles. The van der Waals surface area contributed by atoms with E-state index >= 15 is 0 Å². The monoisotopic (exact) mass is 462 g/mol. The maximum absolute atomic E-state index is 13.4. The van der Waals surface area contributed by atoms with Crippen molar-refractivity contribution in [2.75, 3.05) is 29.0 Å². The summed E-state index contributed by atoms with van der Waals surface area (Å²) < 4.78 is 40.2. The molecule has 3 heterocycles. The number of nitrogens with two attached hydrogens (primary N) is 2. The van der Waals surface area contributed by atoms with Crippen LogP contribution in [0, 0.1) is 5.92 Å². The molecule has 1 aliphatic carbocycles. The summed E-state index contributed by atoms with van der Waals surface area (Å²) in [6.07, 6.45) is 3.95. The molecule has 0 aromatic carbocycles. The number of piperidine rings is 1. The van der Waals surface area contributed by atoms with Gasteiger partial charge in [0.05, 0.1) is 29.2 Å². The number of hydrogen-bond acceptors (Lipinski definition) is 6. The molecule has 1 amide bonds. The summed E-state index contributed by atoms with van der Waals surface area (Å²) >= 11 is 0. The van der Waals surface area contributed by atoms with Gasteiger partial charge >= 0.3 is 6.18 Å². The number of carbonyl (C=O) groups is 1. The number of anilines is 3. The Labute approximate surface area is 190 Å². The number of rotatable bonds is 4. The van der Waals surface area contributed by atoms with Crippen LogP contribution in [0.1, 0.15) is 60.6 Å². The predicted octanol–water partition coefficient (Wildman–Crippen LogP) is 4.07. The molecule has 2 aromatic rings. The first-order chi connectivity index (χ1) is 15.7. The normalized spacial score (nSPS) is 22.2. The highest BCUT2D eigenvalue weighted by Gasteiger charge is 2.44. The van der Waals surface area contributed by atoms with Crippen molar-refractivity contribution >= 4 is 23.0 Å². The zero-order chi connectivity index (χ0) is 23.6. The average Bonchev–Trinajstić information content (AvgIpc) is 2.79. The van der Waals surface area contributed by atoms with Crippen LogP contribution in [0.15, 0.2) is 30.6 Å². The fourth-order valence-electron chi connectivity index (χ4n) is 4.81. The molecule has 10 heteroatoms. The lowest BCUT2D eigenvalue weighted by molar-refractivity contribution is -0.177. The Morgan fingerprint density at radius 3 is 2.61 bits per heavy atom. The molecule has 1 saturated carbocycles. The first-order valence-corrected chi connectivity index (χ1v) is 11.3. The van der Waals surface area contributed by atoms with E-state index in [1.54, 1.807) is 17.0 Å². The van der Waals surface area contributed by atoms with Crippen LogP contribution >= 0.6 is 0 Å². The van der Waals surface area contributed by atoms with Crippen LogP contribution in [0.5, 0.6) is 0 Å². The number of hydrogen-bond donors (Lipinski definition) is 3. The number of aromatic nitrogens is 2. The number of nitrogens with zero attached hydrogens (tertiary/aromatic N) is 3. The van der Waals surface area contributed by atoms with Crippen molar-refractivity contribution in [2.45, 2.75) is 56.7 Å². The topological polar surface area (TPSA) is 110 Å². The van der Waals surface area contributed by atoms with E-state index in [1.165, 1.54) is 18.8 Å². The van der Waals surface area contributed by atoms with Crippen LogP contribution in [0.3, 0.4) is 0 Å². The van der Waals surface area contributed by atoms with Gasteiger partial charge in [0.2, 0.25) is 0 Å². The van der Waals surface area contributed by atoms with Crippen LogP contribution in [0.2, 0.25) is 0 Å². The first kappa shape index (κ1) is 23.3. The summed E-state index contributed by atoms with van der Waals surface area (Å²) in [4.78, 5) is 23.2. The Morgan fingerprint density at radius 2 is 1.88 bits per heavy atom. The molecular formula is C23H29F3N6O. The molecular weight excluding hydrogens is 433 g/mol. The third kappa shape index (κ3) is 5.38. The third-order valence-corrected chi connectivity index (χ3v) is 6.52. The minimum atomic E-state index is -4.34. The van der Waals surface area contributed by atoms with Gasteiger partial charge in [0.25, 0.3) is 5.91 Å². The van der Waals surface area contributed by atoms with E-state index in [9.17, 15) is 18.0 Å². The number of alkyl halides is 3. The third-order valence-electron chi connectivity index (χ3n) is 6.52. The molecule has 0 spiro atoms. The quantitative estimate of drug-likeness (QED) is 0.632. The summed E-state index contributed by atoms with van der Waals surface area (Å²) in [7, 11) is 0. The molecule has 2 aromatic heterocycles. The molecule has 0 radical (unpaired) electrons. The molecule has 2 atom stereocenters. The molecule has 33 heavy (non-hydrogen) atoms. The zero-order valence-corrected chi connectivity index (χ0v) is 18.3. The van der Waals surface area contributed by atoms with Gasteiger partial charge in [-0.05, 0) is 37.5 Å². The van der Waals surface area contributed by atoms with E-state index in [1.807, 2.05) is 6.07 Å². The zero-order valence-electron chi connectivity index (χ0n) is 18.3. The maximum Gasteiger partial charge on any atom is 0.393 e. The molecule has 4 rings (SSSR count). The van der Waals surface area contributed by atoms with E-state index in [0.29, 0.717) is 17.3 Å². The van der Waals surface area contributed by atoms with Crippen molar-refractivity contribution < 1.29 is 18.0 Å². The van der Waals surface area contributed by atoms with Crippen molar-refractivity contribution in [2.24, 2.45) is 11.7 Å². The lowest BCUT2D eigenvalue weighted by Gasteiger charge is -2.39. The average molecular weight is 463 g/mol. The van der Waals surface area contributed by atoms with E-state index in [4.69, 9.17) is 11.5 Å². The number of pyridine rings is 2. The lowest BCUT2D eigenvalue weighted by Crippen LogP contribution is -2.51. The molecule has 178 valence electrons. The van der Waals surface area contributed by atoms with Gasteiger partial charge < -0.3 is 21.7 Å². The van der Waals surface area contributed by atoms with Gasteiger partial charge in [0.1, 0.15) is 0 Å². The molecule has 2 fully saturated rings. The fraction of sp³-hybridized carbons (Fsp3) is 0.522. The minimum Gasteiger partial charge on any atom is -0.397 e. The van der Waals surface area contributed by atoms with E-state index in [2.05, 4.69) is 15.3 Å². The van der Waals surface area contributed by atoms with Crippen molar-refractivity contribution in [1.29, 1.82) is 0 Å². The Kier molecular flexibility index (Phi) is 6.73. The van der Waals surface area contributed by atoms with Gasteiger partial charge in [0.15, 0.2) is 5.69 Å². The predicted molar refractivity (Wildman–Crippen MR) is 121 cm³/mol. The number of amides is 1. The van der Waals surface area contributed by atoms with Gasteiger partial charge in [-0.3, -0.25) is 9.78 Å². The highest BCUT2D eigenvalue weighted by atomic mass is 19.4. The maximum atomic E-state index is 13.4. The molecule has 5 N–H and O–H groups in total. The van der Waals surface area contributed by atoms with Gasteiger partial charge in [-0.25, -0.2) is 4.98 Å². The van der Waals surface area contributed by atoms with Gasteiger partial charge in [-0.2, -0.15) is 13.2 Å². The Balaban J connectivity index is 1.56. The first-order valence-electron chi connectivity index (χ1n) is 11.3. The minimum absolute atomic E-state index is 0.108. The SMILES string of the molecule is Nc1ccc(C2CCCCC2)nc1C(=O)Nc1cnccc1N1CC(N)CC(C(F)(F)F)C1. The van der Waals surface area contributed by atoms with Gasteiger partial charge in [-0.1, -0.05) is 19.3 Å². The number of carbonyl (C=O) groups excluding carboxylic acids is 1. The lowest BCUT2D eigenvalue weighted by atomic mass is 9.86. The van der Waals surface area contributed by atoms with Crippen LogP contribution in [0.25, 0.3) is 0 Å². The van der Waals surface area contributed by atoms with Crippen LogP contribution in [0.4, 0.5) is 30.2 Å². The Hall–Kier alpha value is -2.88. The second kappa shape index (κ2) is 9.54. The van der Waals surface area contributed by atoms with Gasteiger partial charge in [0, 0.05) is 36.9 Å². The standard InChI is InChI=1S/C23H29F3N6O/c24-23(25,26)15-10-16(27)13-32(12-15)20-8-9-29-11-19(20)31-22(33)21-17(28)6-7-18(30-21)14-4-2-1-3-5-14/h6-9,11,14-16H,1-5,10,12-13,27-28H2,(H,31,33). The summed E-state index contributed by atoms with van der Waals surface area (Å²) in [5.41, 5.74) is 13.9. The Bertz CT molecular complexity index is 992. The molecule has 0 bridgehead atoms. The molecule has 1 saturated heterocycles. The van der Waals surface area contributed by atoms with Crippen molar-refractivity contribution in [1.82, 2.24) is 9.97 Å². The van der Waals surface area contributed by atoms with Crippen molar-refractivity contribution in [3.8, 4) is 0 Å². The van der Waals surface area contributed by atoms with Crippen LogP contribution in [-0.4, -0.2) is 41.2 Å². The summed E-state index contributed by atoms with van der Waals surface area (Å²) in [5.74, 6) is -1.76. The highest BCUT2D eigenvalue weighted by molar-refractivity contribution is 6.07. The van der Waals surface area contributed by atoms with Crippen molar-refractivity contribution in [3.63, 3.8) is 0 Å². The smallest absolute Gasteiger partial charge is 0.393 e. The van der Waals surface area contributed by atoms with Gasteiger partial charge in [-0.15, -0.1) is 0 Å². The van der Waals surface area contributed by atoms with Crippen molar-refractivity contribution in [3.05, 3.63) is 42.0 Å². The molecule has 2 unspecified atom stereocenters.